The molecule has 1 fully saturated rings. The third-order valence-corrected chi connectivity index (χ3v) is 4.81. The molecule has 0 saturated heterocycles. The average molecular weight is 273 g/mol. The smallest absolute Gasteiger partial charge is 0.136 e. The number of benzene rings is 1. The summed E-state index contributed by atoms with van der Waals surface area (Å²) >= 11 is 0. The lowest BCUT2D eigenvalue weighted by Crippen LogP contribution is -2.22. The Labute approximate surface area is 122 Å². The van der Waals surface area contributed by atoms with E-state index in [2.05, 4.69) is 6.92 Å². The molecule has 2 rings (SSSR count). The number of Topliss-reactive ketones (excluding diaryl/α,β-unsaturated/α-hetero) is 1. The van der Waals surface area contributed by atoms with Gasteiger partial charge in [0.25, 0.3) is 0 Å². The van der Waals surface area contributed by atoms with Crippen LogP contribution < -0.4 is 5.73 Å². The number of ketones is 1. The van der Waals surface area contributed by atoms with Gasteiger partial charge < -0.3 is 5.73 Å². The molecule has 0 spiro atoms. The van der Waals surface area contributed by atoms with Crippen molar-refractivity contribution in [2.24, 2.45) is 17.6 Å². The zero-order valence-corrected chi connectivity index (χ0v) is 12.6. The number of carbonyl (C=O) groups excluding carboxylic acids is 1. The van der Waals surface area contributed by atoms with Gasteiger partial charge in [-0.15, -0.1) is 0 Å². The van der Waals surface area contributed by atoms with Crippen LogP contribution in [0.15, 0.2) is 30.3 Å². The fraction of sp³-hybridized carbons (Fsp3) is 0.611. The van der Waals surface area contributed by atoms with E-state index in [4.69, 9.17) is 5.73 Å². The molecule has 1 atom stereocenters. The van der Waals surface area contributed by atoms with E-state index in [1.54, 1.807) is 0 Å². The monoisotopic (exact) mass is 273 g/mol. The van der Waals surface area contributed by atoms with Crippen LogP contribution in [0, 0.1) is 11.8 Å². The van der Waals surface area contributed by atoms with E-state index in [0.717, 1.165) is 30.7 Å². The fourth-order valence-electron chi connectivity index (χ4n) is 3.26. The molecule has 1 saturated carbocycles. The predicted molar refractivity (Wildman–Crippen MR) is 83.4 cm³/mol. The molecule has 0 radical (unpaired) electrons. The zero-order valence-electron chi connectivity index (χ0n) is 12.6. The molecule has 0 heterocycles. The number of hydrogen-bond donors (Lipinski definition) is 1. The van der Waals surface area contributed by atoms with Gasteiger partial charge in [0, 0.05) is 18.4 Å². The Bertz CT molecular complexity index is 407. The summed E-state index contributed by atoms with van der Waals surface area (Å²) in [5.41, 5.74) is 7.30. The van der Waals surface area contributed by atoms with E-state index in [1.165, 1.54) is 19.3 Å². The summed E-state index contributed by atoms with van der Waals surface area (Å²) in [5, 5.41) is 0. The van der Waals surface area contributed by atoms with Crippen LogP contribution in [0.3, 0.4) is 0 Å². The Morgan fingerprint density at radius 1 is 1.20 bits per heavy atom. The second kappa shape index (κ2) is 7.58. The number of rotatable bonds is 6. The Balaban J connectivity index is 1.75. The van der Waals surface area contributed by atoms with Gasteiger partial charge in [-0.2, -0.15) is 0 Å². The average Bonchev–Trinajstić information content (AvgIpc) is 2.53. The van der Waals surface area contributed by atoms with E-state index in [9.17, 15) is 4.79 Å². The molecule has 110 valence electrons. The predicted octanol–water partition coefficient (Wildman–Crippen LogP) is 4.25. The van der Waals surface area contributed by atoms with Crippen LogP contribution in [0.4, 0.5) is 0 Å². The van der Waals surface area contributed by atoms with Crippen LogP contribution in [0.2, 0.25) is 0 Å². The largest absolute Gasteiger partial charge is 0.324 e. The van der Waals surface area contributed by atoms with Gasteiger partial charge in [-0.1, -0.05) is 43.7 Å². The second-order valence-electron chi connectivity index (χ2n) is 6.15. The molecule has 1 aliphatic carbocycles. The van der Waals surface area contributed by atoms with Gasteiger partial charge in [0.05, 0.1) is 0 Å². The van der Waals surface area contributed by atoms with E-state index < -0.39 is 0 Å². The minimum atomic E-state index is -0.00729. The maximum absolute atomic E-state index is 12.3. The minimum Gasteiger partial charge on any atom is -0.324 e. The second-order valence-corrected chi connectivity index (χ2v) is 6.15. The van der Waals surface area contributed by atoms with Crippen molar-refractivity contribution >= 4 is 5.78 Å². The molecule has 1 aromatic carbocycles. The Hall–Kier alpha value is -1.15. The van der Waals surface area contributed by atoms with Gasteiger partial charge in [-0.25, -0.2) is 0 Å². The van der Waals surface area contributed by atoms with Gasteiger partial charge in [0.1, 0.15) is 5.78 Å². The summed E-state index contributed by atoms with van der Waals surface area (Å²) in [7, 11) is 0. The van der Waals surface area contributed by atoms with Gasteiger partial charge in [0.2, 0.25) is 0 Å². The van der Waals surface area contributed by atoms with Crippen LogP contribution in [-0.4, -0.2) is 5.78 Å². The van der Waals surface area contributed by atoms with Crippen LogP contribution in [0.5, 0.6) is 0 Å². The summed E-state index contributed by atoms with van der Waals surface area (Å²) in [6.07, 6.45) is 7.33. The molecule has 20 heavy (non-hydrogen) atoms. The van der Waals surface area contributed by atoms with Gasteiger partial charge in [0.15, 0.2) is 0 Å². The lowest BCUT2D eigenvalue weighted by molar-refractivity contribution is -0.124. The highest BCUT2D eigenvalue weighted by Gasteiger charge is 2.25. The molecule has 0 aromatic heterocycles. The molecule has 1 aromatic rings. The van der Waals surface area contributed by atoms with Gasteiger partial charge in [-0.3, -0.25) is 4.79 Å². The van der Waals surface area contributed by atoms with Crippen molar-refractivity contribution in [3.05, 3.63) is 35.9 Å². The molecule has 1 aliphatic rings. The molecule has 2 N–H and O–H groups in total. The van der Waals surface area contributed by atoms with Crippen molar-refractivity contribution in [1.29, 1.82) is 0 Å². The maximum atomic E-state index is 12.3. The van der Waals surface area contributed by atoms with Crippen LogP contribution in [0.1, 0.15) is 63.5 Å². The molecular formula is C18H27NO. The van der Waals surface area contributed by atoms with E-state index in [1.807, 2.05) is 30.3 Å². The Morgan fingerprint density at radius 3 is 2.45 bits per heavy atom. The zero-order chi connectivity index (χ0) is 14.4. The molecule has 1 unspecified atom stereocenters. The lowest BCUT2D eigenvalue weighted by atomic mass is 9.78. The minimum absolute atomic E-state index is 0.00729. The normalized spacial score (nSPS) is 24.3. The Morgan fingerprint density at radius 2 is 1.85 bits per heavy atom. The standard InChI is InChI=1S/C18H27NO/c1-2-14-8-10-16(11-9-14)18(20)13-12-17(19)15-6-4-3-5-7-15/h3-7,14,16-17H,2,8-13,19H2,1H3. The highest BCUT2D eigenvalue weighted by Crippen LogP contribution is 2.32. The van der Waals surface area contributed by atoms with Crippen molar-refractivity contribution in [1.82, 2.24) is 0 Å². The lowest BCUT2D eigenvalue weighted by Gasteiger charge is -2.27. The number of hydrogen-bond acceptors (Lipinski definition) is 2. The van der Waals surface area contributed by atoms with Crippen molar-refractivity contribution in [3.63, 3.8) is 0 Å². The summed E-state index contributed by atoms with van der Waals surface area (Å²) in [6, 6.07) is 10.1. The molecule has 0 bridgehead atoms. The first-order valence-electron chi connectivity index (χ1n) is 8.04. The quantitative estimate of drug-likeness (QED) is 0.842. The van der Waals surface area contributed by atoms with Crippen LogP contribution >= 0.6 is 0 Å². The summed E-state index contributed by atoms with van der Waals surface area (Å²) in [5.74, 6) is 1.59. The van der Waals surface area contributed by atoms with Crippen LogP contribution in [-0.2, 0) is 4.79 Å². The maximum Gasteiger partial charge on any atom is 0.136 e. The SMILES string of the molecule is CCC1CCC(C(=O)CCC(N)c2ccccc2)CC1. The first kappa shape index (κ1) is 15.2. The highest BCUT2D eigenvalue weighted by molar-refractivity contribution is 5.81. The van der Waals surface area contributed by atoms with Crippen molar-refractivity contribution in [2.75, 3.05) is 0 Å². The first-order valence-corrected chi connectivity index (χ1v) is 8.04. The van der Waals surface area contributed by atoms with Gasteiger partial charge >= 0.3 is 0 Å². The summed E-state index contributed by atoms with van der Waals surface area (Å²) in [4.78, 5) is 12.3. The topological polar surface area (TPSA) is 43.1 Å². The number of nitrogens with two attached hydrogens (primary N) is 1. The van der Waals surface area contributed by atoms with E-state index >= 15 is 0 Å². The van der Waals surface area contributed by atoms with Crippen molar-refractivity contribution < 1.29 is 4.79 Å². The van der Waals surface area contributed by atoms with Crippen molar-refractivity contribution in [2.45, 2.75) is 57.9 Å². The molecule has 2 nitrogen and oxygen atoms in total. The summed E-state index contributed by atoms with van der Waals surface area (Å²) in [6.45, 7) is 2.26. The molecule has 0 aliphatic heterocycles. The van der Waals surface area contributed by atoms with E-state index in [0.29, 0.717) is 18.1 Å². The fourth-order valence-corrected chi connectivity index (χ4v) is 3.26. The highest BCUT2D eigenvalue weighted by atomic mass is 16.1. The molecule has 2 heteroatoms. The van der Waals surface area contributed by atoms with Crippen LogP contribution in [0.25, 0.3) is 0 Å². The molecule has 0 amide bonds. The van der Waals surface area contributed by atoms with E-state index in [-0.39, 0.29) is 6.04 Å². The third-order valence-electron chi connectivity index (χ3n) is 4.81. The van der Waals surface area contributed by atoms with Gasteiger partial charge in [-0.05, 0) is 43.6 Å². The first-order chi connectivity index (χ1) is 9.70. The summed E-state index contributed by atoms with van der Waals surface area (Å²) < 4.78 is 0. The Kier molecular flexibility index (Phi) is 5.78. The number of carbonyl (C=O) groups is 1. The third kappa shape index (κ3) is 4.17. The van der Waals surface area contributed by atoms with Crippen molar-refractivity contribution in [3.8, 4) is 0 Å². The molecular weight excluding hydrogens is 246 g/mol.